The Bertz CT molecular complexity index is 951. The van der Waals surface area contributed by atoms with Crippen LogP contribution >= 0.6 is 0 Å². The number of rotatable bonds is 13. The van der Waals surface area contributed by atoms with Gasteiger partial charge in [-0.3, -0.25) is 4.79 Å². The Morgan fingerprint density at radius 3 is 1.34 bits per heavy atom. The first-order valence-corrected chi connectivity index (χ1v) is 9.65. The molecular weight excluding hydrogens is 583 g/mol. The maximum Gasteiger partial charge on any atom is 0.460 e. The van der Waals surface area contributed by atoms with Gasteiger partial charge in [0.25, 0.3) is 0 Å². The minimum atomic E-state index is -8.63. The van der Waals surface area contributed by atoms with Gasteiger partial charge in [-0.05, 0) is 37.1 Å². The summed E-state index contributed by atoms with van der Waals surface area (Å²) in [6, 6.07) is 4.77. The summed E-state index contributed by atoms with van der Waals surface area (Å²) < 4.78 is 229. The summed E-state index contributed by atoms with van der Waals surface area (Å²) in [5, 5.41) is 0. The lowest BCUT2D eigenvalue weighted by Crippen LogP contribution is -2.74. The molecule has 0 aromatic heterocycles. The van der Waals surface area contributed by atoms with Crippen molar-refractivity contribution >= 4 is 6.29 Å². The van der Waals surface area contributed by atoms with E-state index in [1.807, 2.05) is 0 Å². The Morgan fingerprint density at radius 2 is 0.947 bits per heavy atom. The molecule has 0 aliphatic heterocycles. The molecule has 1 rings (SSSR count). The molecule has 0 N–H and O–H groups in total. The molecule has 0 fully saturated rings. The first-order valence-electron chi connectivity index (χ1n) is 9.65. The van der Waals surface area contributed by atoms with E-state index in [0.717, 1.165) is 0 Å². The van der Waals surface area contributed by atoms with E-state index in [1.54, 1.807) is 0 Å². The smallest absolute Gasteiger partial charge is 0.460 e. The van der Waals surface area contributed by atoms with Crippen LogP contribution in [0.4, 0.5) is 74.6 Å². The lowest BCUT2D eigenvalue weighted by Gasteiger charge is -2.42. The molecule has 19 heteroatoms. The van der Waals surface area contributed by atoms with Crippen molar-refractivity contribution < 1.29 is 84.2 Å². The molecular formula is C19H13F17O2. The Labute approximate surface area is 200 Å². The zero-order valence-electron chi connectivity index (χ0n) is 18.0. The van der Waals surface area contributed by atoms with Gasteiger partial charge in [-0.25, -0.2) is 0 Å². The van der Waals surface area contributed by atoms with Gasteiger partial charge in [0.05, 0.1) is 6.61 Å². The highest BCUT2D eigenvalue weighted by Crippen LogP contribution is 2.64. The van der Waals surface area contributed by atoms with Crippen LogP contribution in [0.25, 0.3) is 0 Å². The Hall–Kier alpha value is -2.50. The van der Waals surface area contributed by atoms with E-state index in [4.69, 9.17) is 4.74 Å². The summed E-state index contributed by atoms with van der Waals surface area (Å²) in [7, 11) is 0. The summed E-state index contributed by atoms with van der Waals surface area (Å²) in [5.74, 6) is -56.2. The molecule has 2 nitrogen and oxygen atoms in total. The second kappa shape index (κ2) is 10.2. The Kier molecular flexibility index (Phi) is 9.03. The highest BCUT2D eigenvalue weighted by atomic mass is 19.4. The van der Waals surface area contributed by atoms with Crippen molar-refractivity contribution in [1.82, 2.24) is 0 Å². The van der Waals surface area contributed by atoms with Crippen LogP contribution in [0.3, 0.4) is 0 Å². The number of ether oxygens (including phenoxy) is 1. The lowest BCUT2D eigenvalue weighted by molar-refractivity contribution is -0.461. The van der Waals surface area contributed by atoms with Crippen molar-refractivity contribution in [1.29, 1.82) is 0 Å². The van der Waals surface area contributed by atoms with Crippen molar-refractivity contribution in [3.63, 3.8) is 0 Å². The molecule has 1 aromatic carbocycles. The molecule has 0 heterocycles. The second-order valence-corrected chi connectivity index (χ2v) is 7.64. The van der Waals surface area contributed by atoms with Crippen molar-refractivity contribution in [2.24, 2.45) is 0 Å². The number of alkyl halides is 17. The SMILES string of the molecule is O=Cc1ccc(OCCCCC(F)(F)C(F)(F)C(F)(F)C(F)(F)C(F)(F)C(F)(F)C(F)(F)C(F)(F)F)cc1. The van der Waals surface area contributed by atoms with E-state index in [-0.39, 0.29) is 11.3 Å². The number of carbonyl (C=O) groups is 1. The standard InChI is InChI=1S/C19H13F17O2/c20-12(21,7-1-2-8-38-11-5-3-10(9-37)4-6-11)13(22,23)14(24,25)15(26,27)16(28,29)17(30,31)18(32,33)19(34,35)36/h3-6,9H,1-2,7-8H2. The van der Waals surface area contributed by atoms with Crippen LogP contribution in [-0.2, 0) is 0 Å². The van der Waals surface area contributed by atoms with Gasteiger partial charge in [0, 0.05) is 12.0 Å². The fraction of sp³-hybridized carbons (Fsp3) is 0.632. The Morgan fingerprint density at radius 1 is 0.553 bits per heavy atom. The van der Waals surface area contributed by atoms with Gasteiger partial charge >= 0.3 is 47.6 Å². The van der Waals surface area contributed by atoms with Crippen LogP contribution in [-0.4, -0.2) is 60.5 Å². The van der Waals surface area contributed by atoms with Gasteiger partial charge in [-0.15, -0.1) is 0 Å². The van der Waals surface area contributed by atoms with Crippen LogP contribution in [0, 0.1) is 0 Å². The summed E-state index contributed by atoms with van der Waals surface area (Å²) in [5.41, 5.74) is 0.169. The maximum atomic E-state index is 13.8. The zero-order chi connectivity index (χ0) is 30.2. The zero-order valence-corrected chi connectivity index (χ0v) is 18.0. The molecule has 38 heavy (non-hydrogen) atoms. The number of hydrogen-bond donors (Lipinski definition) is 0. The van der Waals surface area contributed by atoms with Gasteiger partial charge in [0.1, 0.15) is 12.0 Å². The number of aldehydes is 1. The molecule has 220 valence electrons. The number of benzene rings is 1. The van der Waals surface area contributed by atoms with Crippen molar-refractivity contribution in [3.8, 4) is 5.75 Å². The van der Waals surface area contributed by atoms with Crippen LogP contribution in [0.2, 0.25) is 0 Å². The van der Waals surface area contributed by atoms with Gasteiger partial charge in [0.15, 0.2) is 0 Å². The first-order chi connectivity index (χ1) is 16.8. The van der Waals surface area contributed by atoms with E-state index < -0.39 is 73.5 Å². The molecule has 0 unspecified atom stereocenters. The number of carbonyl (C=O) groups excluding carboxylic acids is 1. The topological polar surface area (TPSA) is 26.3 Å². The van der Waals surface area contributed by atoms with E-state index in [0.29, 0.717) is 6.29 Å². The molecule has 0 aliphatic rings. The minimum absolute atomic E-state index is 0.0160. The van der Waals surface area contributed by atoms with Crippen molar-refractivity contribution in [2.45, 2.75) is 66.9 Å². The molecule has 0 saturated heterocycles. The maximum absolute atomic E-state index is 13.8. The summed E-state index contributed by atoms with van der Waals surface area (Å²) in [6.45, 7) is -0.620. The van der Waals surface area contributed by atoms with Crippen LogP contribution in [0.1, 0.15) is 29.6 Å². The third-order valence-electron chi connectivity index (χ3n) is 4.96. The van der Waals surface area contributed by atoms with E-state index in [2.05, 4.69) is 0 Å². The van der Waals surface area contributed by atoms with Crippen LogP contribution in [0.5, 0.6) is 5.75 Å². The summed E-state index contributed by atoms with van der Waals surface area (Å²) >= 11 is 0. The molecule has 1 aromatic rings. The molecule has 0 saturated carbocycles. The van der Waals surface area contributed by atoms with Crippen molar-refractivity contribution in [2.75, 3.05) is 6.61 Å². The number of halogens is 17. The van der Waals surface area contributed by atoms with Gasteiger partial charge in [0.2, 0.25) is 0 Å². The number of unbranched alkanes of at least 4 members (excludes halogenated alkanes) is 1. The van der Waals surface area contributed by atoms with E-state index in [9.17, 15) is 79.4 Å². The summed E-state index contributed by atoms with van der Waals surface area (Å²) in [6.07, 6.45) is -11.9. The molecule has 0 spiro atoms. The average molecular weight is 596 g/mol. The monoisotopic (exact) mass is 596 g/mol. The third kappa shape index (κ3) is 5.33. The average Bonchev–Trinajstić information content (AvgIpc) is 2.77. The first kappa shape index (κ1) is 33.5. The molecule has 0 radical (unpaired) electrons. The number of hydrogen-bond acceptors (Lipinski definition) is 2. The minimum Gasteiger partial charge on any atom is -0.494 e. The van der Waals surface area contributed by atoms with Gasteiger partial charge in [-0.1, -0.05) is 0 Å². The normalized spacial score (nSPS) is 15.0. The van der Waals surface area contributed by atoms with Crippen LogP contribution in [0.15, 0.2) is 24.3 Å². The highest BCUT2D eigenvalue weighted by Gasteiger charge is 2.95. The molecule has 0 amide bonds. The fourth-order valence-corrected chi connectivity index (χ4v) is 2.64. The predicted molar refractivity (Wildman–Crippen MR) is 91.9 cm³/mol. The molecule has 0 aliphatic carbocycles. The van der Waals surface area contributed by atoms with E-state index in [1.165, 1.54) is 24.3 Å². The fourth-order valence-electron chi connectivity index (χ4n) is 2.64. The molecule has 0 atom stereocenters. The largest absolute Gasteiger partial charge is 0.494 e. The Balaban J connectivity index is 3.11. The third-order valence-corrected chi connectivity index (χ3v) is 4.96. The quantitative estimate of drug-likeness (QED) is 0.131. The predicted octanol–water partition coefficient (Wildman–Crippen LogP) is 8.06. The highest BCUT2D eigenvalue weighted by molar-refractivity contribution is 5.74. The van der Waals surface area contributed by atoms with E-state index >= 15 is 0 Å². The van der Waals surface area contributed by atoms with Gasteiger partial charge < -0.3 is 4.74 Å². The lowest BCUT2D eigenvalue weighted by atomic mass is 9.88. The van der Waals surface area contributed by atoms with Crippen molar-refractivity contribution in [3.05, 3.63) is 29.8 Å². The second-order valence-electron chi connectivity index (χ2n) is 7.64. The van der Waals surface area contributed by atoms with Crippen LogP contribution < -0.4 is 4.74 Å². The molecule has 0 bridgehead atoms. The van der Waals surface area contributed by atoms with Gasteiger partial charge in [-0.2, -0.15) is 74.6 Å². The summed E-state index contributed by atoms with van der Waals surface area (Å²) in [4.78, 5) is 10.5.